The molecule has 0 saturated heterocycles. The minimum atomic E-state index is -0.407. The van der Waals surface area contributed by atoms with Gasteiger partial charge in [0.2, 0.25) is 5.91 Å². The number of amides is 2. The highest BCUT2D eigenvalue weighted by molar-refractivity contribution is 7.15. The summed E-state index contributed by atoms with van der Waals surface area (Å²) in [5.41, 5.74) is 5.77. The van der Waals surface area contributed by atoms with E-state index in [1.807, 2.05) is 16.0 Å². The zero-order chi connectivity index (χ0) is 15.5. The number of fused-ring (bicyclic) bond motifs is 1. The maximum absolute atomic E-state index is 11.8. The Labute approximate surface area is 134 Å². The van der Waals surface area contributed by atoms with Gasteiger partial charge in [-0.3, -0.25) is 24.8 Å². The van der Waals surface area contributed by atoms with Crippen LogP contribution >= 0.6 is 22.9 Å². The molecule has 2 N–H and O–H groups in total. The Balaban J connectivity index is 1.54. The summed E-state index contributed by atoms with van der Waals surface area (Å²) >= 11 is 7.24. The molecule has 2 heterocycles. The number of aromatic nitrogens is 2. The third kappa shape index (κ3) is 3.26. The van der Waals surface area contributed by atoms with Gasteiger partial charge in [-0.05, 0) is 24.3 Å². The van der Waals surface area contributed by atoms with Gasteiger partial charge in [0.15, 0.2) is 4.96 Å². The van der Waals surface area contributed by atoms with Gasteiger partial charge in [0.25, 0.3) is 5.91 Å². The van der Waals surface area contributed by atoms with Crippen LogP contribution in [0.1, 0.15) is 16.1 Å². The molecule has 0 spiro atoms. The van der Waals surface area contributed by atoms with Crippen molar-refractivity contribution in [2.24, 2.45) is 0 Å². The minimum Gasteiger partial charge on any atom is -0.297 e. The molecule has 0 aliphatic rings. The lowest BCUT2D eigenvalue weighted by Gasteiger charge is -2.06. The number of nitrogens with one attached hydrogen (secondary N) is 2. The third-order valence-corrected chi connectivity index (χ3v) is 3.93. The number of hydrogen-bond donors (Lipinski definition) is 2. The van der Waals surface area contributed by atoms with Crippen LogP contribution in [-0.4, -0.2) is 21.2 Å². The molecule has 0 unspecified atom stereocenters. The molecule has 0 bridgehead atoms. The molecule has 0 radical (unpaired) electrons. The number of hydrogen-bond acceptors (Lipinski definition) is 4. The maximum Gasteiger partial charge on any atom is 0.269 e. The average molecular weight is 335 g/mol. The van der Waals surface area contributed by atoms with Crippen LogP contribution in [0, 0.1) is 0 Å². The van der Waals surface area contributed by atoms with Gasteiger partial charge in [0.05, 0.1) is 12.1 Å². The van der Waals surface area contributed by atoms with Crippen molar-refractivity contribution in [2.45, 2.75) is 6.42 Å². The molecule has 0 fully saturated rings. The number of nitrogens with zero attached hydrogens (tertiary/aromatic N) is 2. The molecule has 2 aromatic heterocycles. The Hall–Kier alpha value is -2.38. The van der Waals surface area contributed by atoms with E-state index in [1.165, 1.54) is 11.3 Å². The fourth-order valence-corrected chi connectivity index (χ4v) is 2.71. The molecule has 0 aliphatic carbocycles. The summed E-state index contributed by atoms with van der Waals surface area (Å²) in [5.74, 6) is -0.746. The lowest BCUT2D eigenvalue weighted by Crippen LogP contribution is -2.42. The molecular weight excluding hydrogens is 324 g/mol. The first-order chi connectivity index (χ1) is 10.6. The average Bonchev–Trinajstić information content (AvgIpc) is 3.06. The predicted molar refractivity (Wildman–Crippen MR) is 83.8 cm³/mol. The van der Waals surface area contributed by atoms with Crippen LogP contribution in [0.25, 0.3) is 4.96 Å². The first-order valence-corrected chi connectivity index (χ1v) is 7.63. The van der Waals surface area contributed by atoms with Gasteiger partial charge < -0.3 is 0 Å². The monoisotopic (exact) mass is 334 g/mol. The molecule has 8 heteroatoms. The molecule has 0 aliphatic heterocycles. The smallest absolute Gasteiger partial charge is 0.269 e. The van der Waals surface area contributed by atoms with Crippen molar-refractivity contribution in [3.8, 4) is 0 Å². The Morgan fingerprint density at radius 3 is 2.73 bits per heavy atom. The fraction of sp³-hybridized carbons (Fsp3) is 0.0714. The summed E-state index contributed by atoms with van der Waals surface area (Å²) in [6.45, 7) is 0. The molecule has 0 saturated carbocycles. The SMILES string of the molecule is O=C(Cc1cn2ccsc2n1)NNC(=O)c1ccc(Cl)cc1. The van der Waals surface area contributed by atoms with Gasteiger partial charge in [0.1, 0.15) is 0 Å². The largest absolute Gasteiger partial charge is 0.297 e. The second-order valence-electron chi connectivity index (χ2n) is 4.51. The second-order valence-corrected chi connectivity index (χ2v) is 5.82. The highest BCUT2D eigenvalue weighted by atomic mass is 35.5. The second kappa shape index (κ2) is 6.17. The number of thiazole rings is 1. The normalized spacial score (nSPS) is 10.6. The van der Waals surface area contributed by atoms with E-state index in [9.17, 15) is 9.59 Å². The topological polar surface area (TPSA) is 75.5 Å². The first-order valence-electron chi connectivity index (χ1n) is 6.37. The third-order valence-electron chi connectivity index (χ3n) is 2.91. The van der Waals surface area contributed by atoms with E-state index in [1.54, 1.807) is 30.5 Å². The number of benzene rings is 1. The summed E-state index contributed by atoms with van der Waals surface area (Å²) in [4.78, 5) is 28.8. The van der Waals surface area contributed by atoms with Gasteiger partial charge in [-0.1, -0.05) is 11.6 Å². The van der Waals surface area contributed by atoms with E-state index in [0.717, 1.165) is 4.96 Å². The van der Waals surface area contributed by atoms with Crippen LogP contribution in [0.4, 0.5) is 0 Å². The standard InChI is InChI=1S/C14H11ClN4O2S/c15-10-3-1-9(2-4-10)13(21)18-17-12(20)7-11-8-19-5-6-22-14(19)16-11/h1-6,8H,7H2,(H,17,20)(H,18,21). The lowest BCUT2D eigenvalue weighted by molar-refractivity contribution is -0.121. The van der Waals surface area contributed by atoms with Crippen molar-refractivity contribution in [1.29, 1.82) is 0 Å². The van der Waals surface area contributed by atoms with Crippen LogP contribution in [0.15, 0.2) is 42.0 Å². The quantitative estimate of drug-likeness (QED) is 0.720. The molecule has 0 atom stereocenters. The summed E-state index contributed by atoms with van der Waals surface area (Å²) in [6.07, 6.45) is 3.75. The zero-order valence-corrected chi connectivity index (χ0v) is 12.8. The Kier molecular flexibility index (Phi) is 4.08. The van der Waals surface area contributed by atoms with Crippen LogP contribution in [0.5, 0.6) is 0 Å². The molecule has 1 aromatic carbocycles. The van der Waals surface area contributed by atoms with Crippen LogP contribution in [0.3, 0.4) is 0 Å². The van der Waals surface area contributed by atoms with Crippen LogP contribution < -0.4 is 10.9 Å². The summed E-state index contributed by atoms with van der Waals surface area (Å²) in [6, 6.07) is 6.37. The summed E-state index contributed by atoms with van der Waals surface area (Å²) in [5, 5.41) is 2.46. The maximum atomic E-state index is 11.8. The van der Waals surface area contributed by atoms with Gasteiger partial charge in [0, 0.05) is 28.4 Å². The molecular formula is C14H11ClN4O2S. The minimum absolute atomic E-state index is 0.0926. The lowest BCUT2D eigenvalue weighted by atomic mass is 10.2. The van der Waals surface area contributed by atoms with E-state index in [2.05, 4.69) is 15.8 Å². The van der Waals surface area contributed by atoms with Crippen LogP contribution in [0.2, 0.25) is 5.02 Å². The molecule has 2 amide bonds. The molecule has 3 aromatic rings. The van der Waals surface area contributed by atoms with E-state index >= 15 is 0 Å². The van der Waals surface area contributed by atoms with Crippen molar-refractivity contribution < 1.29 is 9.59 Å². The van der Waals surface area contributed by atoms with E-state index in [-0.39, 0.29) is 12.3 Å². The van der Waals surface area contributed by atoms with E-state index < -0.39 is 5.91 Å². The Bertz CT molecular complexity index is 796. The predicted octanol–water partition coefficient (Wildman–Crippen LogP) is 2.05. The summed E-state index contributed by atoms with van der Waals surface area (Å²) in [7, 11) is 0. The molecule has 112 valence electrons. The number of halogens is 1. The summed E-state index contributed by atoms with van der Waals surface area (Å²) < 4.78 is 1.85. The van der Waals surface area contributed by atoms with Gasteiger partial charge >= 0.3 is 0 Å². The molecule has 22 heavy (non-hydrogen) atoms. The van der Waals surface area contributed by atoms with E-state index in [0.29, 0.717) is 16.3 Å². The molecule has 3 rings (SSSR count). The number of carbonyl (C=O) groups is 2. The first kappa shape index (κ1) is 14.6. The highest BCUT2D eigenvalue weighted by Gasteiger charge is 2.10. The zero-order valence-electron chi connectivity index (χ0n) is 11.2. The Morgan fingerprint density at radius 2 is 2.00 bits per heavy atom. The van der Waals surface area contributed by atoms with Crippen molar-refractivity contribution in [3.63, 3.8) is 0 Å². The van der Waals surface area contributed by atoms with Crippen molar-refractivity contribution in [1.82, 2.24) is 20.2 Å². The van der Waals surface area contributed by atoms with Gasteiger partial charge in [-0.2, -0.15) is 0 Å². The van der Waals surface area contributed by atoms with Crippen molar-refractivity contribution in [3.05, 3.63) is 58.3 Å². The fourth-order valence-electron chi connectivity index (χ4n) is 1.87. The number of hydrazine groups is 1. The van der Waals surface area contributed by atoms with Crippen molar-refractivity contribution in [2.75, 3.05) is 0 Å². The van der Waals surface area contributed by atoms with Gasteiger partial charge in [-0.15, -0.1) is 11.3 Å². The molecule has 6 nitrogen and oxygen atoms in total. The highest BCUT2D eigenvalue weighted by Crippen LogP contribution is 2.11. The number of rotatable bonds is 3. The van der Waals surface area contributed by atoms with Gasteiger partial charge in [-0.25, -0.2) is 4.98 Å². The van der Waals surface area contributed by atoms with Crippen LogP contribution in [-0.2, 0) is 11.2 Å². The number of imidazole rings is 1. The van der Waals surface area contributed by atoms with E-state index in [4.69, 9.17) is 11.6 Å². The number of carbonyl (C=O) groups excluding carboxylic acids is 2. The van der Waals surface area contributed by atoms with Crippen molar-refractivity contribution >= 4 is 39.7 Å². The Morgan fingerprint density at radius 1 is 1.23 bits per heavy atom.